The highest BCUT2D eigenvalue weighted by Crippen LogP contribution is 2.42. The quantitative estimate of drug-likeness (QED) is 0.521. The zero-order valence-corrected chi connectivity index (χ0v) is 18.0. The molecular formula is C24H26N6O. The van der Waals surface area contributed by atoms with Crippen LogP contribution < -0.4 is 15.8 Å². The Balaban J connectivity index is 1.59. The molecule has 0 spiro atoms. The van der Waals surface area contributed by atoms with E-state index in [1.165, 1.54) is 12.0 Å². The minimum Gasteiger partial charge on any atom is -0.439 e. The van der Waals surface area contributed by atoms with Gasteiger partial charge in [-0.2, -0.15) is 0 Å². The van der Waals surface area contributed by atoms with E-state index >= 15 is 0 Å². The Kier molecular flexibility index (Phi) is 4.82. The van der Waals surface area contributed by atoms with E-state index < -0.39 is 0 Å². The largest absolute Gasteiger partial charge is 0.439 e. The van der Waals surface area contributed by atoms with Crippen LogP contribution in [0.3, 0.4) is 0 Å². The second-order valence-electron chi connectivity index (χ2n) is 8.26. The number of aryl methyl sites for hydroxylation is 2. The van der Waals surface area contributed by atoms with E-state index in [2.05, 4.69) is 50.9 Å². The number of nitrogens with two attached hydrogens (primary N) is 1. The predicted molar refractivity (Wildman–Crippen MR) is 122 cm³/mol. The summed E-state index contributed by atoms with van der Waals surface area (Å²) in [5.74, 6) is 2.22. The molecule has 1 aliphatic heterocycles. The molecule has 0 bridgehead atoms. The zero-order valence-electron chi connectivity index (χ0n) is 18.0. The molecule has 1 unspecified atom stereocenters. The Morgan fingerprint density at radius 3 is 2.65 bits per heavy atom. The molecule has 3 N–H and O–H groups in total. The molecule has 2 atom stereocenters. The molecule has 7 heteroatoms. The van der Waals surface area contributed by atoms with E-state index in [-0.39, 0.29) is 0 Å². The van der Waals surface area contributed by atoms with E-state index in [9.17, 15) is 0 Å². The van der Waals surface area contributed by atoms with Gasteiger partial charge in [0.05, 0.1) is 5.39 Å². The number of aromatic nitrogens is 4. The van der Waals surface area contributed by atoms with Gasteiger partial charge in [-0.05, 0) is 44.0 Å². The number of rotatable bonds is 4. The molecule has 0 radical (unpaired) electrons. The minimum absolute atomic E-state index is 0.385. The maximum absolute atomic E-state index is 6.34. The van der Waals surface area contributed by atoms with Gasteiger partial charge in [0.1, 0.15) is 23.5 Å². The van der Waals surface area contributed by atoms with E-state index in [1.54, 1.807) is 0 Å². The van der Waals surface area contributed by atoms with Gasteiger partial charge in [0, 0.05) is 48.6 Å². The first-order chi connectivity index (χ1) is 15.0. The summed E-state index contributed by atoms with van der Waals surface area (Å²) in [4.78, 5) is 13.2. The van der Waals surface area contributed by atoms with Crippen LogP contribution in [0.15, 0.2) is 48.8 Å². The summed E-state index contributed by atoms with van der Waals surface area (Å²) in [6.07, 6.45) is 2.61. The second-order valence-corrected chi connectivity index (χ2v) is 8.26. The summed E-state index contributed by atoms with van der Waals surface area (Å²) in [7, 11) is 2.07. The van der Waals surface area contributed by atoms with Crippen LogP contribution in [0.5, 0.6) is 11.6 Å². The molecule has 1 aromatic carbocycles. The maximum Gasteiger partial charge on any atom is 0.219 e. The predicted octanol–water partition coefficient (Wildman–Crippen LogP) is 4.18. The van der Waals surface area contributed by atoms with Gasteiger partial charge >= 0.3 is 0 Å². The van der Waals surface area contributed by atoms with Crippen molar-refractivity contribution in [3.63, 3.8) is 0 Å². The van der Waals surface area contributed by atoms with Gasteiger partial charge in [0.25, 0.3) is 0 Å². The summed E-state index contributed by atoms with van der Waals surface area (Å²) in [6, 6.07) is 14.3. The van der Waals surface area contributed by atoms with E-state index in [1.807, 2.05) is 37.3 Å². The van der Waals surface area contributed by atoms with Gasteiger partial charge in [-0.3, -0.25) is 0 Å². The smallest absolute Gasteiger partial charge is 0.219 e. The first-order valence-electron chi connectivity index (χ1n) is 10.6. The highest BCUT2D eigenvalue weighted by Gasteiger charge is 2.30. The van der Waals surface area contributed by atoms with Crippen LogP contribution in [0, 0.1) is 6.92 Å². The molecule has 0 amide bonds. The molecule has 0 saturated carbocycles. The van der Waals surface area contributed by atoms with Crippen LogP contribution in [-0.2, 0) is 7.05 Å². The molecule has 0 aliphatic carbocycles. The Hall–Kier alpha value is -3.45. The molecule has 1 aliphatic rings. The number of nitrogens with zero attached hydrogens (tertiary/aromatic N) is 4. The number of ether oxygens (including phenoxy) is 1. The summed E-state index contributed by atoms with van der Waals surface area (Å²) >= 11 is 0. The van der Waals surface area contributed by atoms with Gasteiger partial charge < -0.3 is 20.4 Å². The number of hydrogen-bond acceptors (Lipinski definition) is 6. The van der Waals surface area contributed by atoms with Gasteiger partial charge in [-0.25, -0.2) is 15.0 Å². The van der Waals surface area contributed by atoms with Crippen LogP contribution in [0.1, 0.15) is 30.7 Å². The van der Waals surface area contributed by atoms with Gasteiger partial charge in [-0.15, -0.1) is 0 Å². The average Bonchev–Trinajstić information content (AvgIpc) is 3.30. The fourth-order valence-corrected chi connectivity index (χ4v) is 4.59. The molecule has 1 fully saturated rings. The van der Waals surface area contributed by atoms with E-state index in [4.69, 9.17) is 10.5 Å². The fourth-order valence-electron chi connectivity index (χ4n) is 4.59. The number of hydrogen-bond donors (Lipinski definition) is 2. The molecule has 7 nitrogen and oxygen atoms in total. The fraction of sp³-hybridized carbons (Fsp3) is 0.292. The van der Waals surface area contributed by atoms with Crippen molar-refractivity contribution in [2.45, 2.75) is 32.2 Å². The Bertz CT molecular complexity index is 1250. The van der Waals surface area contributed by atoms with Crippen molar-refractivity contribution in [2.24, 2.45) is 7.05 Å². The number of nitrogen functional groups attached to an aromatic ring is 1. The van der Waals surface area contributed by atoms with Crippen molar-refractivity contribution >= 4 is 16.9 Å². The van der Waals surface area contributed by atoms with Gasteiger partial charge in [0.15, 0.2) is 0 Å². The first kappa shape index (κ1) is 19.5. The minimum atomic E-state index is 0.385. The van der Waals surface area contributed by atoms with E-state index in [0.29, 0.717) is 23.7 Å². The summed E-state index contributed by atoms with van der Waals surface area (Å²) < 4.78 is 8.11. The lowest BCUT2D eigenvalue weighted by Crippen LogP contribution is -2.16. The molecule has 31 heavy (non-hydrogen) atoms. The summed E-state index contributed by atoms with van der Waals surface area (Å²) in [5, 5.41) is 4.48. The lowest BCUT2D eigenvalue weighted by atomic mass is 9.93. The average molecular weight is 415 g/mol. The zero-order chi connectivity index (χ0) is 21.5. The van der Waals surface area contributed by atoms with Crippen molar-refractivity contribution in [3.8, 4) is 22.8 Å². The monoisotopic (exact) mass is 414 g/mol. The summed E-state index contributed by atoms with van der Waals surface area (Å²) in [5.41, 5.74) is 11.5. The summed E-state index contributed by atoms with van der Waals surface area (Å²) in [6.45, 7) is 5.11. The lowest BCUT2D eigenvalue weighted by molar-refractivity contribution is 0.462. The number of fused-ring (bicyclic) bond motifs is 1. The Labute approximate surface area is 181 Å². The van der Waals surface area contributed by atoms with Gasteiger partial charge in [-0.1, -0.05) is 18.2 Å². The van der Waals surface area contributed by atoms with Crippen molar-refractivity contribution in [1.82, 2.24) is 24.8 Å². The standard InChI is InChI=1S/C24H26N6O/c1-14-5-4-6-19(29-14)31-18-9-7-16(8-10-18)20-21-23(25)27-13-28-24(21)30(3)22(20)17-11-15(2)26-12-17/h4-10,13,15,17,26H,11-12H2,1-3H3,(H2,25,27,28)/t15-,17?/m0/s1. The molecule has 1 saturated heterocycles. The topological polar surface area (TPSA) is 90.9 Å². The normalized spacial score (nSPS) is 18.5. The van der Waals surface area contributed by atoms with Crippen LogP contribution in [-0.4, -0.2) is 32.1 Å². The van der Waals surface area contributed by atoms with E-state index in [0.717, 1.165) is 46.6 Å². The number of anilines is 1. The first-order valence-corrected chi connectivity index (χ1v) is 10.6. The molecule has 5 rings (SSSR count). The molecule has 4 heterocycles. The van der Waals surface area contributed by atoms with Crippen LogP contribution >= 0.6 is 0 Å². The van der Waals surface area contributed by atoms with Crippen LogP contribution in [0.2, 0.25) is 0 Å². The van der Waals surface area contributed by atoms with Crippen molar-refractivity contribution in [3.05, 3.63) is 60.2 Å². The van der Waals surface area contributed by atoms with Crippen LogP contribution in [0.4, 0.5) is 5.82 Å². The molecule has 4 aromatic rings. The number of nitrogens with one attached hydrogen (secondary N) is 1. The highest BCUT2D eigenvalue weighted by molar-refractivity contribution is 6.02. The molecular weight excluding hydrogens is 388 g/mol. The third-order valence-corrected chi connectivity index (χ3v) is 6.01. The van der Waals surface area contributed by atoms with Crippen molar-refractivity contribution < 1.29 is 4.74 Å². The van der Waals surface area contributed by atoms with Crippen molar-refractivity contribution in [2.75, 3.05) is 12.3 Å². The second kappa shape index (κ2) is 7.67. The maximum atomic E-state index is 6.34. The van der Waals surface area contributed by atoms with Crippen LogP contribution in [0.25, 0.3) is 22.2 Å². The third kappa shape index (κ3) is 3.51. The third-order valence-electron chi connectivity index (χ3n) is 6.01. The van der Waals surface area contributed by atoms with Crippen molar-refractivity contribution in [1.29, 1.82) is 0 Å². The lowest BCUT2D eigenvalue weighted by Gasteiger charge is -2.15. The molecule has 3 aromatic heterocycles. The highest BCUT2D eigenvalue weighted by atomic mass is 16.5. The number of benzene rings is 1. The number of pyridine rings is 1. The van der Waals surface area contributed by atoms with Gasteiger partial charge in [0.2, 0.25) is 5.88 Å². The Morgan fingerprint density at radius 2 is 1.94 bits per heavy atom. The molecule has 158 valence electrons. The SMILES string of the molecule is Cc1cccc(Oc2ccc(-c3c(C4CN[C@@H](C)C4)n(C)c4ncnc(N)c34)cc2)n1. The Morgan fingerprint density at radius 1 is 1.13 bits per heavy atom.